The number of allylic oxidation sites excluding steroid dienone is 2. The van der Waals surface area contributed by atoms with Crippen molar-refractivity contribution < 1.29 is 9.21 Å². The van der Waals surface area contributed by atoms with E-state index in [0.29, 0.717) is 18.4 Å². The van der Waals surface area contributed by atoms with Gasteiger partial charge in [-0.05, 0) is 31.1 Å². The lowest BCUT2D eigenvalue weighted by Gasteiger charge is -2.42. The van der Waals surface area contributed by atoms with Crippen LogP contribution in [0.25, 0.3) is 11.1 Å². The first kappa shape index (κ1) is 15.5. The number of aromatic nitrogens is 1. The summed E-state index contributed by atoms with van der Waals surface area (Å²) in [6, 6.07) is 8.01. The minimum absolute atomic E-state index is 0.140. The highest BCUT2D eigenvalue weighted by molar-refractivity contribution is 6.18. The Morgan fingerprint density at radius 2 is 2.00 bits per heavy atom. The number of benzene rings is 1. The minimum Gasteiger partial charge on any atom is -0.423 e. The summed E-state index contributed by atoms with van der Waals surface area (Å²) in [6.07, 6.45) is 9.55. The average Bonchev–Trinajstić information content (AvgIpc) is 3.04. The number of para-hydroxylation sites is 2. The molecule has 0 radical (unpaired) electrons. The number of carbonyl (C=O) groups excluding carboxylic acids is 1. The normalized spacial score (nSPS) is 24.3. The second-order valence-corrected chi connectivity index (χ2v) is 7.26. The van der Waals surface area contributed by atoms with Gasteiger partial charge in [0.1, 0.15) is 5.52 Å². The molecule has 1 aliphatic heterocycles. The molecule has 1 aromatic carbocycles. The summed E-state index contributed by atoms with van der Waals surface area (Å²) in [4.78, 5) is 26.6. The molecule has 6 heteroatoms. The van der Waals surface area contributed by atoms with Crippen LogP contribution in [0.2, 0.25) is 0 Å². The quantitative estimate of drug-likeness (QED) is 0.847. The molecule has 6 nitrogen and oxygen atoms in total. The van der Waals surface area contributed by atoms with Crippen LogP contribution in [0.3, 0.4) is 0 Å². The summed E-state index contributed by atoms with van der Waals surface area (Å²) in [5.74, 6) is 0.441. The first-order chi connectivity index (χ1) is 12.7. The van der Waals surface area contributed by atoms with E-state index in [9.17, 15) is 4.79 Å². The summed E-state index contributed by atoms with van der Waals surface area (Å²) in [6.45, 7) is 0. The number of aliphatic imine (C=N–C) groups is 2. The largest absolute Gasteiger partial charge is 0.423 e. The summed E-state index contributed by atoms with van der Waals surface area (Å²) in [7, 11) is 0. The third kappa shape index (κ3) is 2.48. The molecule has 3 aliphatic rings. The van der Waals surface area contributed by atoms with Gasteiger partial charge in [0, 0.05) is 12.1 Å². The number of rotatable bonds is 1. The van der Waals surface area contributed by atoms with E-state index in [1.54, 1.807) is 6.08 Å². The predicted octanol–water partition coefficient (Wildman–Crippen LogP) is 3.90. The molecule has 0 saturated heterocycles. The molecule has 132 valence electrons. The van der Waals surface area contributed by atoms with Crippen LogP contribution < -0.4 is 5.32 Å². The molecule has 2 aromatic rings. The van der Waals surface area contributed by atoms with Crippen LogP contribution in [0.15, 0.2) is 50.8 Å². The molecule has 1 atom stereocenters. The lowest BCUT2D eigenvalue weighted by Crippen LogP contribution is -2.50. The van der Waals surface area contributed by atoms with Crippen molar-refractivity contribution in [2.24, 2.45) is 15.9 Å². The fourth-order valence-electron chi connectivity index (χ4n) is 4.44. The molecular weight excluding hydrogens is 328 g/mol. The zero-order valence-electron chi connectivity index (χ0n) is 14.4. The topological polar surface area (TPSA) is 79.9 Å². The molecule has 1 fully saturated rings. The fourth-order valence-corrected chi connectivity index (χ4v) is 4.44. The number of fused-ring (bicyclic) bond motifs is 3. The van der Waals surface area contributed by atoms with Crippen molar-refractivity contribution in [2.75, 3.05) is 5.32 Å². The zero-order chi connectivity index (χ0) is 17.6. The molecule has 5 rings (SSSR count). The first-order valence-electron chi connectivity index (χ1n) is 9.24. The summed E-state index contributed by atoms with van der Waals surface area (Å²) in [5, 5.41) is 3.14. The number of nitrogens with one attached hydrogen (secondary N) is 1. The summed E-state index contributed by atoms with van der Waals surface area (Å²) >= 11 is 0. The van der Waals surface area contributed by atoms with E-state index in [1.807, 2.05) is 30.3 Å². The van der Waals surface area contributed by atoms with Gasteiger partial charge in [0.2, 0.25) is 5.96 Å². The van der Waals surface area contributed by atoms with Crippen LogP contribution in [-0.4, -0.2) is 28.0 Å². The second kappa shape index (κ2) is 5.90. The molecule has 2 heterocycles. The number of guanidine groups is 1. The maximum atomic E-state index is 12.6. The summed E-state index contributed by atoms with van der Waals surface area (Å²) < 4.78 is 5.75. The highest BCUT2D eigenvalue weighted by atomic mass is 16.4. The van der Waals surface area contributed by atoms with Crippen molar-refractivity contribution in [1.29, 1.82) is 0 Å². The zero-order valence-corrected chi connectivity index (χ0v) is 14.4. The van der Waals surface area contributed by atoms with Crippen molar-refractivity contribution in [2.45, 2.75) is 44.1 Å². The molecule has 0 bridgehead atoms. The van der Waals surface area contributed by atoms with Crippen molar-refractivity contribution in [1.82, 2.24) is 4.98 Å². The van der Waals surface area contributed by atoms with E-state index in [0.717, 1.165) is 42.5 Å². The molecular formula is C20H20N4O2. The van der Waals surface area contributed by atoms with Crippen molar-refractivity contribution in [3.63, 3.8) is 0 Å². The Bertz CT molecular complexity index is 930. The van der Waals surface area contributed by atoms with Crippen LogP contribution in [0.1, 0.15) is 38.5 Å². The van der Waals surface area contributed by atoms with Gasteiger partial charge in [0.05, 0.1) is 11.5 Å². The van der Waals surface area contributed by atoms with Gasteiger partial charge in [-0.15, -0.1) is 0 Å². The van der Waals surface area contributed by atoms with Crippen LogP contribution in [0, 0.1) is 5.92 Å². The predicted molar refractivity (Wildman–Crippen MR) is 101 cm³/mol. The van der Waals surface area contributed by atoms with Gasteiger partial charge in [-0.3, -0.25) is 10.1 Å². The van der Waals surface area contributed by atoms with Gasteiger partial charge in [0.15, 0.2) is 11.4 Å². The van der Waals surface area contributed by atoms with E-state index < -0.39 is 0 Å². The Labute approximate surface area is 151 Å². The first-order valence-corrected chi connectivity index (χ1v) is 9.24. The standard InChI is InChI=1S/C20H20N4O2/c25-15-9-6-8-14-17(15)20(11-4-1-5-12-20)24-18(21-14)23-19-22-13-7-2-3-10-16(13)26-19/h2-3,6-7,9-10,17H,1,4-5,8,11-12H2,(H,22,23,24)/t17-/m1/s1. The smallest absolute Gasteiger partial charge is 0.302 e. The average molecular weight is 348 g/mol. The number of nitrogens with zero attached hydrogens (tertiary/aromatic N) is 3. The summed E-state index contributed by atoms with van der Waals surface area (Å²) in [5.41, 5.74) is 2.05. The third-order valence-electron chi connectivity index (χ3n) is 5.57. The van der Waals surface area contributed by atoms with E-state index in [1.165, 1.54) is 6.42 Å². The van der Waals surface area contributed by atoms with Gasteiger partial charge < -0.3 is 4.42 Å². The van der Waals surface area contributed by atoms with Crippen molar-refractivity contribution >= 4 is 34.6 Å². The Balaban J connectivity index is 1.53. The maximum absolute atomic E-state index is 12.6. The Morgan fingerprint density at radius 1 is 1.15 bits per heavy atom. The van der Waals surface area contributed by atoms with Crippen LogP contribution >= 0.6 is 0 Å². The van der Waals surface area contributed by atoms with Gasteiger partial charge in [0.25, 0.3) is 0 Å². The van der Waals surface area contributed by atoms with Crippen molar-refractivity contribution in [3.05, 3.63) is 36.4 Å². The van der Waals surface area contributed by atoms with E-state index in [2.05, 4.69) is 15.3 Å². The molecule has 2 aliphatic carbocycles. The van der Waals surface area contributed by atoms with Crippen LogP contribution in [0.4, 0.5) is 6.01 Å². The Morgan fingerprint density at radius 3 is 2.85 bits per heavy atom. The maximum Gasteiger partial charge on any atom is 0.302 e. The van der Waals surface area contributed by atoms with Gasteiger partial charge in [-0.2, -0.15) is 4.98 Å². The number of hydrogen-bond donors (Lipinski definition) is 1. The molecule has 26 heavy (non-hydrogen) atoms. The molecule has 1 spiro atoms. The molecule has 0 unspecified atom stereocenters. The highest BCUT2D eigenvalue weighted by Crippen LogP contribution is 2.43. The van der Waals surface area contributed by atoms with E-state index in [4.69, 9.17) is 9.41 Å². The highest BCUT2D eigenvalue weighted by Gasteiger charge is 2.48. The Hall–Kier alpha value is -2.76. The minimum atomic E-state index is -0.370. The molecule has 0 amide bonds. The van der Waals surface area contributed by atoms with Gasteiger partial charge in [-0.1, -0.05) is 37.5 Å². The number of anilines is 1. The number of oxazole rings is 1. The second-order valence-electron chi connectivity index (χ2n) is 7.26. The van der Waals surface area contributed by atoms with Gasteiger partial charge in [-0.25, -0.2) is 9.98 Å². The fraction of sp³-hybridized carbons (Fsp3) is 0.400. The molecule has 1 saturated carbocycles. The lowest BCUT2D eigenvalue weighted by molar-refractivity contribution is -0.118. The number of hydrogen-bond acceptors (Lipinski definition) is 6. The monoisotopic (exact) mass is 348 g/mol. The number of ketones is 1. The van der Waals surface area contributed by atoms with Gasteiger partial charge >= 0.3 is 6.01 Å². The van der Waals surface area contributed by atoms with Crippen LogP contribution in [-0.2, 0) is 4.79 Å². The van der Waals surface area contributed by atoms with Crippen LogP contribution in [0.5, 0.6) is 0 Å². The van der Waals surface area contributed by atoms with E-state index in [-0.39, 0.29) is 17.2 Å². The molecule has 1 aromatic heterocycles. The third-order valence-corrected chi connectivity index (χ3v) is 5.57. The SMILES string of the molecule is O=C1C=CCC2=NC(Nc3nc4ccccc4o3)=NC3(CCCCC3)[C@@H]12. The van der Waals surface area contributed by atoms with Crippen molar-refractivity contribution in [3.8, 4) is 0 Å². The Kier molecular flexibility index (Phi) is 3.51. The molecule has 1 N–H and O–H groups in total. The van der Waals surface area contributed by atoms with E-state index >= 15 is 0 Å². The number of carbonyl (C=O) groups is 1. The lowest BCUT2D eigenvalue weighted by atomic mass is 9.67.